The molecule has 34 heavy (non-hydrogen) atoms. The van der Waals surface area contributed by atoms with E-state index in [4.69, 9.17) is 9.05 Å². The molecular weight excluding hydrogens is 458 g/mol. The average Bonchev–Trinajstić information content (AvgIpc) is 2.91. The lowest BCUT2D eigenvalue weighted by Gasteiger charge is -2.35. The predicted molar refractivity (Wildman–Crippen MR) is 143 cm³/mol. The van der Waals surface area contributed by atoms with Crippen LogP contribution in [0.2, 0.25) is 0 Å². The highest BCUT2D eigenvalue weighted by Crippen LogP contribution is 2.51. The smallest absolute Gasteiger partial charge is 0.197 e. The lowest BCUT2D eigenvalue weighted by molar-refractivity contribution is 0.436. The van der Waals surface area contributed by atoms with Gasteiger partial charge >= 0.3 is 0 Å². The second-order valence-electron chi connectivity index (χ2n) is 8.23. The first-order valence-electron chi connectivity index (χ1n) is 11.6. The van der Waals surface area contributed by atoms with Gasteiger partial charge in [-0.3, -0.25) is 5.09 Å². The number of likely N-dealkylation sites (N-methyl/N-ethyl adjacent to an activating group) is 1. The van der Waals surface area contributed by atoms with E-state index < -0.39 is 16.6 Å². The first-order valence-corrected chi connectivity index (χ1v) is 14.1. The van der Waals surface area contributed by atoms with E-state index in [1.807, 2.05) is 6.07 Å². The van der Waals surface area contributed by atoms with Crippen LogP contribution in [0.3, 0.4) is 0 Å². The maximum Gasteiger partial charge on any atom is 0.197 e. The molecule has 0 saturated heterocycles. The largest absolute Gasteiger partial charge is 0.453 e. The van der Waals surface area contributed by atoms with Crippen LogP contribution in [0.5, 0.6) is 11.5 Å². The maximum absolute atomic E-state index is 6.59. The highest BCUT2D eigenvalue weighted by Gasteiger charge is 2.31. The van der Waals surface area contributed by atoms with Crippen LogP contribution in [0.1, 0.15) is 6.92 Å². The molecule has 2 atom stereocenters. The molecule has 2 aliphatic rings. The van der Waals surface area contributed by atoms with Crippen molar-refractivity contribution >= 4 is 27.2 Å². The van der Waals surface area contributed by atoms with E-state index >= 15 is 0 Å². The number of benzene rings is 4. The molecule has 1 N–H and O–H groups in total. The van der Waals surface area contributed by atoms with Crippen LogP contribution in [0.4, 0.5) is 0 Å². The fraction of sp³-hybridized carbons (Fsp3) is 0.143. The number of nitrogens with one attached hydrogen (secondary N) is 1. The van der Waals surface area contributed by atoms with Crippen molar-refractivity contribution < 1.29 is 9.05 Å². The molecule has 4 aromatic carbocycles. The van der Waals surface area contributed by atoms with Crippen LogP contribution in [-0.4, -0.2) is 24.3 Å². The van der Waals surface area contributed by atoms with Gasteiger partial charge in [0.05, 0.1) is 0 Å². The molecule has 0 aromatic heterocycles. The molecule has 0 amide bonds. The Labute approximate surface area is 203 Å². The van der Waals surface area contributed by atoms with Gasteiger partial charge in [0.1, 0.15) is 11.5 Å². The summed E-state index contributed by atoms with van der Waals surface area (Å²) in [6, 6.07) is 33.9. The Bertz CT molecular complexity index is 1330. The van der Waals surface area contributed by atoms with Gasteiger partial charge in [-0.25, -0.2) is 4.67 Å². The number of fused-ring (bicyclic) bond motifs is 6. The number of hydrogen-bond donors (Lipinski definition) is 1. The van der Waals surface area contributed by atoms with Crippen molar-refractivity contribution in [2.45, 2.75) is 6.92 Å². The van der Waals surface area contributed by atoms with E-state index in [1.165, 1.54) is 32.9 Å². The summed E-state index contributed by atoms with van der Waals surface area (Å²) in [5, 5.41) is 6.26. The van der Waals surface area contributed by atoms with Gasteiger partial charge in [-0.2, -0.15) is 0 Å². The molecule has 0 bridgehead atoms. The minimum Gasteiger partial charge on any atom is -0.453 e. The van der Waals surface area contributed by atoms with E-state index in [2.05, 4.69) is 108 Å². The van der Waals surface area contributed by atoms with Crippen LogP contribution in [-0.2, 0) is 0 Å². The van der Waals surface area contributed by atoms with Gasteiger partial charge < -0.3 is 9.05 Å². The molecule has 0 radical (unpaired) electrons. The fourth-order valence-corrected chi connectivity index (χ4v) is 8.20. The van der Waals surface area contributed by atoms with Crippen molar-refractivity contribution in [3.05, 3.63) is 97.1 Å². The average molecular weight is 484 g/mol. The minimum absolute atomic E-state index is 0.821. The molecule has 170 valence electrons. The third-order valence-electron chi connectivity index (χ3n) is 6.21. The van der Waals surface area contributed by atoms with Gasteiger partial charge in [-0.05, 0) is 35.4 Å². The van der Waals surface area contributed by atoms with Gasteiger partial charge in [-0.15, -0.1) is 0 Å². The van der Waals surface area contributed by atoms with E-state index in [0.717, 1.165) is 31.1 Å². The highest BCUT2D eigenvalue weighted by atomic mass is 31.2. The van der Waals surface area contributed by atoms with Crippen molar-refractivity contribution in [1.29, 1.82) is 0 Å². The number of hydrogen-bond acceptors (Lipinski definition) is 4. The van der Waals surface area contributed by atoms with Crippen molar-refractivity contribution in [2.75, 3.05) is 19.6 Å². The fourth-order valence-electron chi connectivity index (χ4n) is 4.56. The lowest BCUT2D eigenvalue weighted by atomic mass is 10.0. The van der Waals surface area contributed by atoms with Gasteiger partial charge in [0.2, 0.25) is 0 Å². The first kappa shape index (κ1) is 21.8. The summed E-state index contributed by atoms with van der Waals surface area (Å²) in [5.74, 6) is 1.93. The molecular formula is C28H26N2O2P2. The summed E-state index contributed by atoms with van der Waals surface area (Å²) in [7, 11) is -1.83. The van der Waals surface area contributed by atoms with Crippen LogP contribution < -0.4 is 24.7 Å². The normalized spacial score (nSPS) is 17.6. The Hall–Kier alpha value is -2.74. The molecule has 4 aromatic rings. The van der Waals surface area contributed by atoms with Crippen molar-refractivity contribution in [1.82, 2.24) is 9.76 Å². The van der Waals surface area contributed by atoms with Crippen LogP contribution >= 0.6 is 16.6 Å². The van der Waals surface area contributed by atoms with E-state index in [0.29, 0.717) is 0 Å². The summed E-state index contributed by atoms with van der Waals surface area (Å²) < 4.78 is 15.5. The van der Waals surface area contributed by atoms with Crippen molar-refractivity contribution in [3.63, 3.8) is 0 Å². The Morgan fingerprint density at radius 2 is 1.18 bits per heavy atom. The van der Waals surface area contributed by atoms with Gasteiger partial charge in [0.25, 0.3) is 0 Å². The highest BCUT2D eigenvalue weighted by molar-refractivity contribution is 7.60. The number of rotatable bonds is 6. The SMILES string of the molecule is CCN(CCNP1Oc2ccccc2-c2ccccc21)P1Oc2ccccc2-c2ccccc21. The summed E-state index contributed by atoms with van der Waals surface area (Å²) in [4.78, 5) is 0. The van der Waals surface area contributed by atoms with Crippen molar-refractivity contribution in [2.24, 2.45) is 0 Å². The zero-order chi connectivity index (χ0) is 22.9. The molecule has 2 unspecified atom stereocenters. The quantitative estimate of drug-likeness (QED) is 0.326. The second kappa shape index (κ2) is 9.49. The molecule has 6 heteroatoms. The summed E-state index contributed by atoms with van der Waals surface area (Å²) in [6.07, 6.45) is 0. The summed E-state index contributed by atoms with van der Waals surface area (Å²) in [6.45, 7) is 4.83. The zero-order valence-corrected chi connectivity index (χ0v) is 20.8. The molecule has 2 aliphatic heterocycles. The topological polar surface area (TPSA) is 33.7 Å². The summed E-state index contributed by atoms with van der Waals surface area (Å²) in [5.41, 5.74) is 4.90. The predicted octanol–water partition coefficient (Wildman–Crippen LogP) is 6.29. The molecule has 2 heterocycles. The Morgan fingerprint density at radius 3 is 1.85 bits per heavy atom. The monoisotopic (exact) mass is 484 g/mol. The molecule has 0 spiro atoms. The van der Waals surface area contributed by atoms with Crippen LogP contribution in [0, 0.1) is 0 Å². The molecule has 4 nitrogen and oxygen atoms in total. The van der Waals surface area contributed by atoms with Gasteiger partial charge in [0.15, 0.2) is 16.6 Å². The van der Waals surface area contributed by atoms with Crippen molar-refractivity contribution in [3.8, 4) is 33.8 Å². The number of nitrogens with zero attached hydrogens (tertiary/aromatic N) is 1. The molecule has 0 aliphatic carbocycles. The lowest BCUT2D eigenvalue weighted by Crippen LogP contribution is -2.34. The Morgan fingerprint density at radius 1 is 0.647 bits per heavy atom. The van der Waals surface area contributed by atoms with E-state index in [1.54, 1.807) is 0 Å². The van der Waals surface area contributed by atoms with E-state index in [-0.39, 0.29) is 0 Å². The third-order valence-corrected chi connectivity index (χ3v) is 10.1. The van der Waals surface area contributed by atoms with E-state index in [9.17, 15) is 0 Å². The van der Waals surface area contributed by atoms with Crippen LogP contribution in [0.25, 0.3) is 22.3 Å². The molecule has 0 saturated carbocycles. The Balaban J connectivity index is 1.20. The Kier molecular flexibility index (Phi) is 6.07. The van der Waals surface area contributed by atoms with Gasteiger partial charge in [-0.1, -0.05) is 79.7 Å². The number of para-hydroxylation sites is 2. The van der Waals surface area contributed by atoms with Gasteiger partial charge in [0, 0.05) is 41.4 Å². The van der Waals surface area contributed by atoms with Crippen LogP contribution in [0.15, 0.2) is 97.1 Å². The second-order valence-corrected chi connectivity index (χ2v) is 11.6. The molecule has 6 rings (SSSR count). The molecule has 0 fully saturated rings. The third kappa shape index (κ3) is 3.91. The first-order chi connectivity index (χ1) is 16.8. The zero-order valence-electron chi connectivity index (χ0n) is 19.0. The minimum atomic E-state index is -0.932. The maximum atomic E-state index is 6.59. The summed E-state index contributed by atoms with van der Waals surface area (Å²) >= 11 is 0. The standard InChI is InChI=1S/C28H26N2O2P2/c1-2-30(34-28-18-10-6-14-24(28)22-12-4-8-16-26(22)32-34)20-19-29-33-27-17-9-5-13-23(27)21-11-3-7-15-25(21)31-33/h3-18,29H,2,19-20H2,1H3.